The third-order valence-corrected chi connectivity index (χ3v) is 3.60. The van der Waals surface area contributed by atoms with E-state index < -0.39 is 5.97 Å². The maximum atomic E-state index is 12.6. The Morgan fingerprint density at radius 3 is 2.45 bits per heavy atom. The molecule has 1 aliphatic heterocycles. The Labute approximate surface area is 130 Å². The predicted molar refractivity (Wildman–Crippen MR) is 85.8 cm³/mol. The third-order valence-electron chi connectivity index (χ3n) is 3.60. The lowest BCUT2D eigenvalue weighted by atomic mass is 10.0. The number of methoxy groups -OCH3 is 1. The zero-order valence-corrected chi connectivity index (χ0v) is 13.1. The third kappa shape index (κ3) is 2.86. The Morgan fingerprint density at radius 2 is 1.91 bits per heavy atom. The summed E-state index contributed by atoms with van der Waals surface area (Å²) < 4.78 is 4.82. The lowest BCUT2D eigenvalue weighted by Crippen LogP contribution is -2.24. The summed E-state index contributed by atoms with van der Waals surface area (Å²) in [5, 5.41) is 0. The maximum Gasteiger partial charge on any atom is 0.340 e. The zero-order chi connectivity index (χ0) is 16.3. The van der Waals surface area contributed by atoms with Crippen LogP contribution in [0.2, 0.25) is 0 Å². The van der Waals surface area contributed by atoms with Crippen LogP contribution in [0.3, 0.4) is 0 Å². The fourth-order valence-corrected chi connectivity index (χ4v) is 2.41. The number of carbonyl (C=O) groups excluding carboxylic acids is 2. The summed E-state index contributed by atoms with van der Waals surface area (Å²) in [6.07, 6.45) is 3.35. The summed E-state index contributed by atoms with van der Waals surface area (Å²) in [5.41, 5.74) is 3.26. The van der Waals surface area contributed by atoms with E-state index in [-0.39, 0.29) is 5.91 Å². The van der Waals surface area contributed by atoms with E-state index in [1.165, 1.54) is 12.0 Å². The molecule has 1 amide bonds. The average molecular weight is 297 g/mol. The van der Waals surface area contributed by atoms with Crippen molar-refractivity contribution in [3.8, 4) is 0 Å². The average Bonchev–Trinajstić information content (AvgIpc) is 2.74. The Balaban J connectivity index is 2.52. The van der Waals surface area contributed by atoms with Crippen molar-refractivity contribution in [1.82, 2.24) is 4.90 Å². The smallest absolute Gasteiger partial charge is 0.340 e. The van der Waals surface area contributed by atoms with E-state index in [9.17, 15) is 9.59 Å². The maximum absolute atomic E-state index is 12.6. The van der Waals surface area contributed by atoms with E-state index in [1.54, 1.807) is 19.1 Å². The molecule has 22 heavy (non-hydrogen) atoms. The topological polar surface area (TPSA) is 46.6 Å². The van der Waals surface area contributed by atoms with E-state index in [0.29, 0.717) is 23.4 Å². The SMILES string of the molecule is C=CCN1C(=O)/C(=C\c2ccc(C)cc2)C(C(=O)OC)=C1C. The molecule has 4 nitrogen and oxygen atoms in total. The Kier molecular flexibility index (Phi) is 4.61. The summed E-state index contributed by atoms with van der Waals surface area (Å²) in [4.78, 5) is 26.1. The van der Waals surface area contributed by atoms with Gasteiger partial charge in [-0.15, -0.1) is 6.58 Å². The number of amides is 1. The van der Waals surface area contributed by atoms with Crippen LogP contribution in [0.25, 0.3) is 6.08 Å². The van der Waals surface area contributed by atoms with Crippen LogP contribution in [0.15, 0.2) is 53.8 Å². The van der Waals surface area contributed by atoms with Crippen LogP contribution in [-0.4, -0.2) is 30.4 Å². The minimum atomic E-state index is -0.504. The minimum absolute atomic E-state index is 0.210. The van der Waals surface area contributed by atoms with Crippen LogP contribution in [-0.2, 0) is 14.3 Å². The van der Waals surface area contributed by atoms with Crippen LogP contribution in [0.5, 0.6) is 0 Å². The number of ether oxygens (including phenoxy) is 1. The molecular formula is C18H19NO3. The second kappa shape index (κ2) is 6.43. The van der Waals surface area contributed by atoms with Gasteiger partial charge in [0.25, 0.3) is 5.91 Å². The molecule has 0 fully saturated rings. The normalized spacial score (nSPS) is 16.4. The molecule has 0 unspecified atom stereocenters. The van der Waals surface area contributed by atoms with Crippen molar-refractivity contribution in [1.29, 1.82) is 0 Å². The van der Waals surface area contributed by atoms with Gasteiger partial charge in [-0.25, -0.2) is 4.79 Å². The van der Waals surface area contributed by atoms with Gasteiger partial charge < -0.3 is 9.64 Å². The number of hydrogen-bond donors (Lipinski definition) is 0. The van der Waals surface area contributed by atoms with Gasteiger partial charge in [-0.05, 0) is 25.5 Å². The molecule has 0 N–H and O–H groups in total. The van der Waals surface area contributed by atoms with Crippen molar-refractivity contribution < 1.29 is 14.3 Å². The van der Waals surface area contributed by atoms with Crippen LogP contribution >= 0.6 is 0 Å². The fraction of sp³-hybridized carbons (Fsp3) is 0.222. The van der Waals surface area contributed by atoms with Gasteiger partial charge in [0.05, 0.1) is 18.3 Å². The quantitative estimate of drug-likeness (QED) is 0.488. The van der Waals surface area contributed by atoms with E-state index in [0.717, 1.165) is 11.1 Å². The van der Waals surface area contributed by atoms with Crippen molar-refractivity contribution in [2.45, 2.75) is 13.8 Å². The molecule has 0 spiro atoms. The first-order valence-electron chi connectivity index (χ1n) is 7.00. The highest BCUT2D eigenvalue weighted by molar-refractivity contribution is 6.16. The van der Waals surface area contributed by atoms with E-state index >= 15 is 0 Å². The molecule has 0 aromatic heterocycles. The van der Waals surface area contributed by atoms with E-state index in [2.05, 4.69) is 6.58 Å². The summed E-state index contributed by atoms with van der Waals surface area (Å²) in [6, 6.07) is 7.75. The van der Waals surface area contributed by atoms with Crippen molar-refractivity contribution in [2.24, 2.45) is 0 Å². The summed E-state index contributed by atoms with van der Waals surface area (Å²) in [5.74, 6) is -0.714. The number of benzene rings is 1. The molecule has 1 aromatic rings. The minimum Gasteiger partial charge on any atom is -0.465 e. The van der Waals surface area contributed by atoms with Gasteiger partial charge in [0.2, 0.25) is 0 Å². The lowest BCUT2D eigenvalue weighted by molar-refractivity contribution is -0.136. The first-order valence-corrected chi connectivity index (χ1v) is 7.00. The van der Waals surface area contributed by atoms with Crippen molar-refractivity contribution >= 4 is 18.0 Å². The number of aryl methyl sites for hydroxylation is 1. The molecule has 0 saturated carbocycles. The number of carbonyl (C=O) groups is 2. The summed E-state index contributed by atoms with van der Waals surface area (Å²) in [6.45, 7) is 7.74. The van der Waals surface area contributed by atoms with Gasteiger partial charge in [-0.1, -0.05) is 35.9 Å². The van der Waals surface area contributed by atoms with Gasteiger partial charge >= 0.3 is 5.97 Å². The van der Waals surface area contributed by atoms with Gasteiger partial charge in [0.15, 0.2) is 0 Å². The summed E-state index contributed by atoms with van der Waals surface area (Å²) in [7, 11) is 1.31. The molecule has 1 aromatic carbocycles. The van der Waals surface area contributed by atoms with Crippen molar-refractivity contribution in [2.75, 3.05) is 13.7 Å². The van der Waals surface area contributed by atoms with Crippen molar-refractivity contribution in [3.05, 3.63) is 64.9 Å². The lowest BCUT2D eigenvalue weighted by Gasteiger charge is -2.14. The van der Waals surface area contributed by atoms with Gasteiger partial charge in [-0.3, -0.25) is 4.79 Å². The number of nitrogens with zero attached hydrogens (tertiary/aromatic N) is 1. The number of rotatable bonds is 4. The van der Waals surface area contributed by atoms with Crippen LogP contribution < -0.4 is 0 Å². The fourth-order valence-electron chi connectivity index (χ4n) is 2.41. The largest absolute Gasteiger partial charge is 0.465 e. The first-order chi connectivity index (χ1) is 10.5. The Bertz CT molecular complexity index is 681. The zero-order valence-electron chi connectivity index (χ0n) is 13.1. The molecule has 1 heterocycles. The summed E-state index contributed by atoms with van der Waals surface area (Å²) >= 11 is 0. The van der Waals surface area contributed by atoms with Gasteiger partial charge in [0, 0.05) is 12.2 Å². The number of esters is 1. The molecule has 0 aliphatic carbocycles. The van der Waals surface area contributed by atoms with Crippen LogP contribution in [0.1, 0.15) is 18.1 Å². The second-order valence-electron chi connectivity index (χ2n) is 5.13. The van der Waals surface area contributed by atoms with Crippen LogP contribution in [0.4, 0.5) is 0 Å². The monoisotopic (exact) mass is 297 g/mol. The molecule has 114 valence electrons. The van der Waals surface area contributed by atoms with E-state index in [4.69, 9.17) is 4.74 Å². The molecule has 1 aliphatic rings. The van der Waals surface area contributed by atoms with Crippen LogP contribution in [0, 0.1) is 6.92 Å². The molecule has 2 rings (SSSR count). The molecule has 0 atom stereocenters. The highest BCUT2D eigenvalue weighted by atomic mass is 16.5. The van der Waals surface area contributed by atoms with Gasteiger partial charge in [0.1, 0.15) is 0 Å². The number of allylic oxidation sites excluding steroid dienone is 1. The standard InChI is InChI=1S/C18H19NO3/c1-5-10-19-13(3)16(18(21)22-4)15(17(19)20)11-14-8-6-12(2)7-9-14/h5-9,11H,1,10H2,2-4H3/b15-11-. The highest BCUT2D eigenvalue weighted by Crippen LogP contribution is 2.31. The molecular weight excluding hydrogens is 278 g/mol. The molecule has 0 radical (unpaired) electrons. The molecule has 4 heteroatoms. The number of hydrogen-bond acceptors (Lipinski definition) is 3. The van der Waals surface area contributed by atoms with Crippen molar-refractivity contribution in [3.63, 3.8) is 0 Å². The first kappa shape index (κ1) is 15.8. The van der Waals surface area contributed by atoms with E-state index in [1.807, 2.05) is 31.2 Å². The molecule has 0 saturated heterocycles. The Hall–Kier alpha value is -2.62. The Morgan fingerprint density at radius 1 is 1.27 bits per heavy atom. The molecule has 0 bridgehead atoms. The van der Waals surface area contributed by atoms with Gasteiger partial charge in [-0.2, -0.15) is 0 Å². The highest BCUT2D eigenvalue weighted by Gasteiger charge is 2.36. The second-order valence-corrected chi connectivity index (χ2v) is 5.13. The predicted octanol–water partition coefficient (Wildman–Crippen LogP) is 2.85.